The summed E-state index contributed by atoms with van der Waals surface area (Å²) in [5.41, 5.74) is 16.4. The highest BCUT2D eigenvalue weighted by atomic mass is 16.3. The molecule has 4 bridgehead atoms. The Labute approximate surface area is 292 Å². The van der Waals surface area contributed by atoms with Gasteiger partial charge in [0.1, 0.15) is 5.52 Å². The Bertz CT molecular complexity index is 2410. The van der Waals surface area contributed by atoms with E-state index in [0.29, 0.717) is 5.41 Å². The Morgan fingerprint density at radius 2 is 1.18 bits per heavy atom. The van der Waals surface area contributed by atoms with Gasteiger partial charge in [0.25, 0.3) is 0 Å². The van der Waals surface area contributed by atoms with Crippen molar-refractivity contribution < 1.29 is 4.42 Å². The predicted octanol–water partition coefficient (Wildman–Crippen LogP) is 11.3. The van der Waals surface area contributed by atoms with Gasteiger partial charge in [0, 0.05) is 22.3 Å². The highest BCUT2D eigenvalue weighted by Crippen LogP contribution is 2.60. The van der Waals surface area contributed by atoms with Crippen LogP contribution in [0, 0.1) is 17.8 Å². The number of oxazole rings is 1. The Morgan fingerprint density at radius 3 is 1.90 bits per heavy atom. The summed E-state index contributed by atoms with van der Waals surface area (Å²) in [6.07, 6.45) is 11.0. The maximum atomic E-state index is 5.58. The molecule has 5 aromatic carbocycles. The zero-order valence-corrected chi connectivity index (χ0v) is 28.0. The van der Waals surface area contributed by atoms with E-state index in [-0.39, 0.29) is 0 Å². The van der Waals surface area contributed by atoms with E-state index in [0.717, 1.165) is 74.7 Å². The number of hydrogen-bond acceptors (Lipinski definition) is 4. The summed E-state index contributed by atoms with van der Waals surface area (Å²) in [6.45, 7) is 0. The third-order valence-electron chi connectivity index (χ3n) is 12.4. The minimum absolute atomic E-state index is 0.386. The second kappa shape index (κ2) is 10.8. The molecule has 4 saturated carbocycles. The number of para-hydroxylation sites is 1. The lowest BCUT2D eigenvalue weighted by Crippen LogP contribution is -2.48. The summed E-state index contributed by atoms with van der Waals surface area (Å²) in [4.78, 5) is 14.9. The topological polar surface area (TPSA) is 51.8 Å². The number of benzene rings is 5. The maximum Gasteiger partial charge on any atom is 0.182 e. The molecule has 242 valence electrons. The number of aromatic nitrogens is 3. The first-order valence-corrected chi connectivity index (χ1v) is 18.3. The Hall–Kier alpha value is -5.35. The van der Waals surface area contributed by atoms with Crippen LogP contribution in [-0.4, -0.2) is 15.0 Å². The first kappa shape index (κ1) is 28.5. The van der Waals surface area contributed by atoms with Gasteiger partial charge in [-0.05, 0) is 120 Å². The summed E-state index contributed by atoms with van der Waals surface area (Å²) in [5.74, 6) is 3.59. The summed E-state index contributed by atoms with van der Waals surface area (Å²) in [5, 5.41) is 0. The van der Waals surface area contributed by atoms with Gasteiger partial charge in [0.2, 0.25) is 0 Å². The van der Waals surface area contributed by atoms with Crippen LogP contribution in [0.4, 0.5) is 0 Å². The van der Waals surface area contributed by atoms with Crippen LogP contribution in [0.2, 0.25) is 0 Å². The monoisotopic (exact) mass is 647 g/mol. The number of nitrogens with zero attached hydrogens (tertiary/aromatic N) is 3. The Kier molecular flexibility index (Phi) is 6.17. The SMILES string of the molecule is c1ccc(-c2cc(-c3ccc4c(c3)Cc3cc(-c5cccc6ocnc56)ccc3-4)nc(-c3ccc(C45CC6CC(CC(C6)C4)C5)cc3)n2)cc1. The molecule has 7 aromatic rings. The molecule has 2 aromatic heterocycles. The third kappa shape index (κ3) is 4.54. The second-order valence-corrected chi connectivity index (χ2v) is 15.5. The van der Waals surface area contributed by atoms with Crippen molar-refractivity contribution in [2.45, 2.75) is 50.4 Å². The molecule has 0 amide bonds. The summed E-state index contributed by atoms with van der Waals surface area (Å²) >= 11 is 0. The first-order valence-electron chi connectivity index (χ1n) is 18.3. The van der Waals surface area contributed by atoms with Gasteiger partial charge < -0.3 is 4.42 Å². The largest absolute Gasteiger partial charge is 0.443 e. The van der Waals surface area contributed by atoms with Crippen LogP contribution < -0.4 is 0 Å². The van der Waals surface area contributed by atoms with Crippen LogP contribution in [0.3, 0.4) is 0 Å². The molecule has 4 heteroatoms. The zero-order valence-electron chi connectivity index (χ0n) is 28.0. The average molecular weight is 648 g/mol. The molecule has 0 radical (unpaired) electrons. The number of fused-ring (bicyclic) bond motifs is 4. The van der Waals surface area contributed by atoms with Gasteiger partial charge in [0.15, 0.2) is 17.8 Å². The van der Waals surface area contributed by atoms with E-state index in [1.165, 1.54) is 72.7 Å². The molecule has 50 heavy (non-hydrogen) atoms. The van der Waals surface area contributed by atoms with Gasteiger partial charge >= 0.3 is 0 Å². The van der Waals surface area contributed by atoms with Crippen molar-refractivity contribution in [1.82, 2.24) is 15.0 Å². The Morgan fingerprint density at radius 1 is 0.540 bits per heavy atom. The molecular formula is C46H37N3O. The van der Waals surface area contributed by atoms with Gasteiger partial charge in [-0.15, -0.1) is 0 Å². The molecule has 12 rings (SSSR count). The molecule has 0 unspecified atom stereocenters. The van der Waals surface area contributed by atoms with Crippen molar-refractivity contribution in [2.24, 2.45) is 17.8 Å². The molecule has 4 fully saturated rings. The number of rotatable bonds is 5. The van der Waals surface area contributed by atoms with E-state index in [1.807, 2.05) is 12.1 Å². The van der Waals surface area contributed by atoms with Gasteiger partial charge in [-0.1, -0.05) is 97.1 Å². The van der Waals surface area contributed by atoms with E-state index in [4.69, 9.17) is 14.4 Å². The zero-order chi connectivity index (χ0) is 32.8. The van der Waals surface area contributed by atoms with Crippen LogP contribution in [0.5, 0.6) is 0 Å². The van der Waals surface area contributed by atoms with E-state index in [1.54, 1.807) is 5.56 Å². The molecule has 0 spiro atoms. The maximum absolute atomic E-state index is 5.58. The minimum Gasteiger partial charge on any atom is -0.443 e. The molecule has 4 nitrogen and oxygen atoms in total. The molecule has 5 aliphatic carbocycles. The first-order chi connectivity index (χ1) is 24.6. The van der Waals surface area contributed by atoms with Gasteiger partial charge in [-0.25, -0.2) is 15.0 Å². The molecule has 0 saturated heterocycles. The van der Waals surface area contributed by atoms with Crippen LogP contribution in [0.15, 0.2) is 126 Å². The highest BCUT2D eigenvalue weighted by Gasteiger charge is 2.51. The van der Waals surface area contributed by atoms with E-state index in [9.17, 15) is 0 Å². The van der Waals surface area contributed by atoms with Crippen molar-refractivity contribution in [3.63, 3.8) is 0 Å². The fourth-order valence-corrected chi connectivity index (χ4v) is 10.6. The van der Waals surface area contributed by atoms with E-state index in [2.05, 4.69) is 108 Å². The predicted molar refractivity (Wildman–Crippen MR) is 199 cm³/mol. The molecule has 2 heterocycles. The fourth-order valence-electron chi connectivity index (χ4n) is 10.6. The molecule has 0 atom stereocenters. The highest BCUT2D eigenvalue weighted by molar-refractivity contribution is 5.92. The van der Waals surface area contributed by atoms with Crippen molar-refractivity contribution in [1.29, 1.82) is 0 Å². The van der Waals surface area contributed by atoms with Crippen molar-refractivity contribution >= 4 is 11.1 Å². The molecule has 0 N–H and O–H groups in total. The second-order valence-electron chi connectivity index (χ2n) is 15.5. The summed E-state index contributed by atoms with van der Waals surface area (Å²) in [6, 6.07) is 41.8. The van der Waals surface area contributed by atoms with E-state index >= 15 is 0 Å². The lowest BCUT2D eigenvalue weighted by atomic mass is 9.48. The van der Waals surface area contributed by atoms with Crippen LogP contribution in [0.25, 0.3) is 67.3 Å². The fraction of sp³-hybridized carbons (Fsp3) is 0.239. The van der Waals surface area contributed by atoms with Crippen LogP contribution in [-0.2, 0) is 11.8 Å². The normalized spacial score (nSPS) is 22.9. The van der Waals surface area contributed by atoms with Crippen LogP contribution in [0.1, 0.15) is 55.2 Å². The average Bonchev–Trinajstić information content (AvgIpc) is 3.79. The standard InChI is InChI=1S/C46H37N3O/c1-2-5-31(6-3-1)41-23-42(49-45(48-41)32-9-13-37(14-10-32)46-24-28-17-29(25-46)19-30(18-28)26-46)34-12-16-39-36(21-34)22-35-20-33(11-15-38(35)39)40-7-4-8-43-44(40)47-27-50-43/h1-16,20-21,23,27-30H,17-19,22,24-26H2. The van der Waals surface area contributed by atoms with Crippen molar-refractivity contribution in [3.8, 4) is 56.2 Å². The summed E-state index contributed by atoms with van der Waals surface area (Å²) < 4.78 is 5.58. The smallest absolute Gasteiger partial charge is 0.182 e. The van der Waals surface area contributed by atoms with Crippen LogP contribution >= 0.6 is 0 Å². The number of hydrogen-bond donors (Lipinski definition) is 0. The minimum atomic E-state index is 0.386. The quantitative estimate of drug-likeness (QED) is 0.187. The molecular weight excluding hydrogens is 611 g/mol. The lowest BCUT2D eigenvalue weighted by Gasteiger charge is -2.57. The van der Waals surface area contributed by atoms with Crippen molar-refractivity contribution in [2.75, 3.05) is 0 Å². The van der Waals surface area contributed by atoms with Gasteiger partial charge in [-0.3, -0.25) is 0 Å². The molecule has 5 aliphatic rings. The van der Waals surface area contributed by atoms with Gasteiger partial charge in [0.05, 0.1) is 11.4 Å². The van der Waals surface area contributed by atoms with Gasteiger partial charge in [-0.2, -0.15) is 0 Å². The lowest BCUT2D eigenvalue weighted by molar-refractivity contribution is -0.00518. The molecule has 0 aliphatic heterocycles. The third-order valence-corrected chi connectivity index (χ3v) is 12.4. The van der Waals surface area contributed by atoms with Crippen molar-refractivity contribution in [3.05, 3.63) is 138 Å². The van der Waals surface area contributed by atoms with E-state index < -0.39 is 0 Å². The Balaban J connectivity index is 0.948. The summed E-state index contributed by atoms with van der Waals surface area (Å²) in [7, 11) is 0.